The van der Waals surface area contributed by atoms with E-state index in [1.54, 1.807) is 18.4 Å². The first-order valence-corrected chi connectivity index (χ1v) is 11.5. The van der Waals surface area contributed by atoms with E-state index < -0.39 is 12.0 Å². The Bertz CT molecular complexity index is 1370. The zero-order valence-corrected chi connectivity index (χ0v) is 19.8. The van der Waals surface area contributed by atoms with Gasteiger partial charge in [0.2, 0.25) is 0 Å². The van der Waals surface area contributed by atoms with E-state index in [2.05, 4.69) is 20.9 Å². The summed E-state index contributed by atoms with van der Waals surface area (Å²) in [6.45, 7) is 5.81. The van der Waals surface area contributed by atoms with E-state index in [0.29, 0.717) is 20.6 Å². The standard InChI is InChI=1S/C24H21BrN2O3S/c1-4-30-23(29)20-15(3)26-24-27(21(20)17-10-8-14(2)9-11-17)22(28)19(31-24)13-16-6-5-7-18(25)12-16/h5-13,21H,4H2,1-3H3/b19-13+/t21-/m1/s1. The normalized spacial score (nSPS) is 16.1. The molecule has 0 N–H and O–H groups in total. The molecule has 0 saturated heterocycles. The molecule has 0 bridgehead atoms. The summed E-state index contributed by atoms with van der Waals surface area (Å²) in [6, 6.07) is 15.0. The highest BCUT2D eigenvalue weighted by atomic mass is 79.9. The van der Waals surface area contributed by atoms with Crippen molar-refractivity contribution < 1.29 is 9.53 Å². The van der Waals surface area contributed by atoms with Crippen molar-refractivity contribution in [2.75, 3.05) is 6.61 Å². The molecule has 1 aromatic heterocycles. The van der Waals surface area contributed by atoms with Crippen LogP contribution < -0.4 is 14.9 Å². The summed E-state index contributed by atoms with van der Waals surface area (Å²) in [5.74, 6) is -0.449. The second-order valence-electron chi connectivity index (χ2n) is 7.27. The first-order valence-electron chi connectivity index (χ1n) is 9.91. The van der Waals surface area contributed by atoms with Gasteiger partial charge in [-0.15, -0.1) is 0 Å². The van der Waals surface area contributed by atoms with Crippen LogP contribution in [0.1, 0.15) is 36.6 Å². The maximum Gasteiger partial charge on any atom is 0.338 e. The topological polar surface area (TPSA) is 60.7 Å². The Morgan fingerprint density at radius 1 is 1.23 bits per heavy atom. The molecular formula is C24H21BrN2O3S. The lowest BCUT2D eigenvalue weighted by Gasteiger charge is -2.24. The highest BCUT2D eigenvalue weighted by Gasteiger charge is 2.33. The van der Waals surface area contributed by atoms with Crippen LogP contribution in [0.2, 0.25) is 0 Å². The third kappa shape index (κ3) is 4.20. The van der Waals surface area contributed by atoms with Gasteiger partial charge in [-0.3, -0.25) is 9.36 Å². The fourth-order valence-corrected chi connectivity index (χ4v) is 5.07. The first kappa shape index (κ1) is 21.5. The number of rotatable bonds is 4. The number of esters is 1. The molecule has 1 atom stereocenters. The number of carbonyl (C=O) groups excluding carboxylic acids is 1. The van der Waals surface area contributed by atoms with Gasteiger partial charge in [0.25, 0.3) is 5.56 Å². The van der Waals surface area contributed by atoms with E-state index in [9.17, 15) is 9.59 Å². The number of hydrogen-bond donors (Lipinski definition) is 0. The summed E-state index contributed by atoms with van der Waals surface area (Å²) in [7, 11) is 0. The monoisotopic (exact) mass is 496 g/mol. The molecule has 158 valence electrons. The number of benzene rings is 2. The van der Waals surface area contributed by atoms with Crippen LogP contribution in [0, 0.1) is 6.92 Å². The van der Waals surface area contributed by atoms with Crippen LogP contribution in [0.5, 0.6) is 0 Å². The SMILES string of the molecule is CCOC(=O)C1=C(C)N=c2s/c(=C/c3cccc(Br)c3)c(=O)n2[C@@H]1c1ccc(C)cc1. The molecule has 4 rings (SSSR count). The van der Waals surface area contributed by atoms with E-state index >= 15 is 0 Å². The number of fused-ring (bicyclic) bond motifs is 1. The molecule has 0 radical (unpaired) electrons. The smallest absolute Gasteiger partial charge is 0.338 e. The third-order valence-corrected chi connectivity index (χ3v) is 6.53. The molecule has 3 aromatic rings. The Hall–Kier alpha value is -2.77. The lowest BCUT2D eigenvalue weighted by molar-refractivity contribution is -0.139. The van der Waals surface area contributed by atoms with Crippen molar-refractivity contribution in [2.45, 2.75) is 26.8 Å². The quantitative estimate of drug-likeness (QED) is 0.515. The fraction of sp³-hybridized carbons (Fsp3) is 0.208. The average Bonchev–Trinajstić information content (AvgIpc) is 3.02. The number of halogens is 1. The molecule has 1 aliphatic rings. The molecular weight excluding hydrogens is 476 g/mol. The lowest BCUT2D eigenvalue weighted by Crippen LogP contribution is -2.39. The number of ether oxygens (including phenoxy) is 1. The van der Waals surface area contributed by atoms with E-state index in [0.717, 1.165) is 21.2 Å². The minimum Gasteiger partial charge on any atom is -0.463 e. The molecule has 0 amide bonds. The van der Waals surface area contributed by atoms with Crippen LogP contribution in [0.3, 0.4) is 0 Å². The number of thiazole rings is 1. The van der Waals surface area contributed by atoms with Crippen molar-refractivity contribution in [3.8, 4) is 0 Å². The van der Waals surface area contributed by atoms with Gasteiger partial charge in [0.05, 0.1) is 28.5 Å². The summed E-state index contributed by atoms with van der Waals surface area (Å²) in [6.07, 6.45) is 1.85. The third-order valence-electron chi connectivity index (χ3n) is 5.06. The second kappa shape index (κ2) is 8.77. The fourth-order valence-electron chi connectivity index (χ4n) is 3.60. The molecule has 2 aromatic carbocycles. The Morgan fingerprint density at radius 2 is 1.97 bits per heavy atom. The predicted molar refractivity (Wildman–Crippen MR) is 126 cm³/mol. The van der Waals surface area contributed by atoms with Crippen LogP contribution >= 0.6 is 27.3 Å². The van der Waals surface area contributed by atoms with Crippen LogP contribution in [-0.2, 0) is 9.53 Å². The molecule has 2 heterocycles. The van der Waals surface area contributed by atoms with Gasteiger partial charge in [0, 0.05) is 4.47 Å². The molecule has 0 aliphatic carbocycles. The number of hydrogen-bond acceptors (Lipinski definition) is 5. The highest BCUT2D eigenvalue weighted by Crippen LogP contribution is 2.30. The maximum absolute atomic E-state index is 13.5. The lowest BCUT2D eigenvalue weighted by atomic mass is 9.95. The zero-order valence-electron chi connectivity index (χ0n) is 17.4. The summed E-state index contributed by atoms with van der Waals surface area (Å²) >= 11 is 4.79. The number of aryl methyl sites for hydroxylation is 1. The van der Waals surface area contributed by atoms with Gasteiger partial charge in [-0.2, -0.15) is 0 Å². The Kier molecular flexibility index (Phi) is 6.07. The molecule has 0 unspecified atom stereocenters. The van der Waals surface area contributed by atoms with Gasteiger partial charge in [-0.1, -0.05) is 69.2 Å². The van der Waals surface area contributed by atoms with Gasteiger partial charge in [0.1, 0.15) is 0 Å². The first-order chi connectivity index (χ1) is 14.9. The van der Waals surface area contributed by atoms with E-state index in [1.807, 2.05) is 61.5 Å². The van der Waals surface area contributed by atoms with Crippen molar-refractivity contribution in [1.82, 2.24) is 4.57 Å². The summed E-state index contributed by atoms with van der Waals surface area (Å²) in [4.78, 5) is 31.5. The van der Waals surface area contributed by atoms with Gasteiger partial charge in [-0.25, -0.2) is 9.79 Å². The molecule has 1 aliphatic heterocycles. The minimum absolute atomic E-state index is 0.177. The summed E-state index contributed by atoms with van der Waals surface area (Å²) < 4.78 is 8.42. The van der Waals surface area contributed by atoms with Gasteiger partial charge < -0.3 is 4.74 Å². The second-order valence-corrected chi connectivity index (χ2v) is 9.19. The molecule has 31 heavy (non-hydrogen) atoms. The Labute approximate surface area is 192 Å². The molecule has 7 heteroatoms. The molecule has 5 nitrogen and oxygen atoms in total. The van der Waals surface area contributed by atoms with E-state index in [4.69, 9.17) is 4.74 Å². The summed E-state index contributed by atoms with van der Waals surface area (Å²) in [5.41, 5.74) is 3.64. The van der Waals surface area contributed by atoms with E-state index in [-0.39, 0.29) is 12.2 Å². The highest BCUT2D eigenvalue weighted by molar-refractivity contribution is 9.10. The largest absolute Gasteiger partial charge is 0.463 e. The number of nitrogens with zero attached hydrogens (tertiary/aromatic N) is 2. The average molecular weight is 497 g/mol. The molecule has 0 spiro atoms. The van der Waals surface area contributed by atoms with Crippen molar-refractivity contribution in [2.24, 2.45) is 4.99 Å². The minimum atomic E-state index is -0.583. The van der Waals surface area contributed by atoms with Gasteiger partial charge in [0.15, 0.2) is 4.80 Å². The van der Waals surface area contributed by atoms with Crippen molar-refractivity contribution in [3.63, 3.8) is 0 Å². The maximum atomic E-state index is 13.5. The zero-order chi connectivity index (χ0) is 22.1. The predicted octanol–water partition coefficient (Wildman–Crippen LogP) is 3.87. The van der Waals surface area contributed by atoms with Crippen LogP contribution in [-0.4, -0.2) is 17.1 Å². The Balaban J connectivity index is 1.96. The number of allylic oxidation sites excluding steroid dienone is 1. The number of aromatic nitrogens is 1. The van der Waals surface area contributed by atoms with Gasteiger partial charge >= 0.3 is 5.97 Å². The molecule has 0 fully saturated rings. The van der Waals surface area contributed by atoms with Crippen LogP contribution in [0.15, 0.2) is 74.1 Å². The van der Waals surface area contributed by atoms with E-state index in [1.165, 1.54) is 11.3 Å². The Morgan fingerprint density at radius 3 is 2.65 bits per heavy atom. The van der Waals surface area contributed by atoms with Crippen LogP contribution in [0.25, 0.3) is 6.08 Å². The molecule has 0 saturated carbocycles. The van der Waals surface area contributed by atoms with Gasteiger partial charge in [-0.05, 0) is 50.1 Å². The number of carbonyl (C=O) groups is 1. The summed E-state index contributed by atoms with van der Waals surface area (Å²) in [5, 5.41) is 0. The van der Waals surface area contributed by atoms with Crippen molar-refractivity contribution in [1.29, 1.82) is 0 Å². The van der Waals surface area contributed by atoms with Crippen molar-refractivity contribution >= 4 is 39.3 Å². The van der Waals surface area contributed by atoms with Crippen molar-refractivity contribution in [3.05, 3.63) is 101 Å². The van der Waals surface area contributed by atoms with Crippen LogP contribution in [0.4, 0.5) is 0 Å².